The van der Waals surface area contributed by atoms with Crippen LogP contribution in [0.25, 0.3) is 0 Å². The number of rotatable bonds is 8. The molecule has 1 aromatic carbocycles. The minimum absolute atomic E-state index is 0.603. The second-order valence-electron chi connectivity index (χ2n) is 4.76. The van der Waals surface area contributed by atoms with Crippen molar-refractivity contribution in [2.75, 3.05) is 20.2 Å². The molecule has 1 unspecified atom stereocenters. The van der Waals surface area contributed by atoms with Crippen LogP contribution in [0.15, 0.2) is 24.3 Å². The molecular weight excluding hydrogens is 222 g/mol. The third kappa shape index (κ3) is 4.02. The Kier molecular flexibility index (Phi) is 6.81. The fourth-order valence-electron chi connectivity index (χ4n) is 2.57. The van der Waals surface area contributed by atoms with Gasteiger partial charge in [-0.3, -0.25) is 0 Å². The lowest BCUT2D eigenvalue weighted by Crippen LogP contribution is -2.26. The van der Waals surface area contributed by atoms with E-state index >= 15 is 0 Å². The van der Waals surface area contributed by atoms with E-state index < -0.39 is 0 Å². The standard InChI is InChI=1S/C16H27NO/c1-5-13(6-2)16(12-17-7-3)14-8-10-15(18-4)11-9-14/h8-11,13,16-17H,5-7,12H2,1-4H3. The molecule has 1 aromatic rings. The van der Waals surface area contributed by atoms with Gasteiger partial charge < -0.3 is 10.1 Å². The number of nitrogens with one attached hydrogen (secondary N) is 1. The molecule has 0 bridgehead atoms. The molecule has 0 aliphatic carbocycles. The maximum absolute atomic E-state index is 5.23. The van der Waals surface area contributed by atoms with Crippen LogP contribution < -0.4 is 10.1 Å². The van der Waals surface area contributed by atoms with E-state index in [9.17, 15) is 0 Å². The van der Waals surface area contributed by atoms with Gasteiger partial charge in [0, 0.05) is 6.54 Å². The average Bonchev–Trinajstić information content (AvgIpc) is 2.43. The van der Waals surface area contributed by atoms with E-state index in [0.29, 0.717) is 5.92 Å². The molecule has 0 aliphatic heterocycles. The predicted octanol–water partition coefficient (Wildman–Crippen LogP) is 3.82. The SMILES string of the molecule is CCNCC(c1ccc(OC)cc1)C(CC)CC. The maximum atomic E-state index is 5.23. The summed E-state index contributed by atoms with van der Waals surface area (Å²) >= 11 is 0. The summed E-state index contributed by atoms with van der Waals surface area (Å²) in [6.45, 7) is 8.84. The van der Waals surface area contributed by atoms with Crippen molar-refractivity contribution in [2.45, 2.75) is 39.5 Å². The van der Waals surface area contributed by atoms with Crippen LogP contribution in [0.2, 0.25) is 0 Å². The van der Waals surface area contributed by atoms with E-state index in [4.69, 9.17) is 4.74 Å². The first-order valence-electron chi connectivity index (χ1n) is 7.11. The van der Waals surface area contributed by atoms with E-state index in [-0.39, 0.29) is 0 Å². The van der Waals surface area contributed by atoms with Crippen LogP contribution in [0.1, 0.15) is 45.1 Å². The summed E-state index contributed by atoms with van der Waals surface area (Å²) in [5.41, 5.74) is 1.42. The van der Waals surface area contributed by atoms with E-state index in [0.717, 1.165) is 24.8 Å². The lowest BCUT2D eigenvalue weighted by molar-refractivity contribution is 0.381. The summed E-state index contributed by atoms with van der Waals surface area (Å²) in [5.74, 6) is 2.29. The van der Waals surface area contributed by atoms with Crippen molar-refractivity contribution in [2.24, 2.45) is 5.92 Å². The highest BCUT2D eigenvalue weighted by atomic mass is 16.5. The van der Waals surface area contributed by atoms with Gasteiger partial charge >= 0.3 is 0 Å². The first kappa shape index (κ1) is 15.0. The third-order valence-electron chi connectivity index (χ3n) is 3.78. The number of benzene rings is 1. The van der Waals surface area contributed by atoms with Crippen LogP contribution >= 0.6 is 0 Å². The monoisotopic (exact) mass is 249 g/mol. The highest BCUT2D eigenvalue weighted by molar-refractivity contribution is 5.30. The lowest BCUT2D eigenvalue weighted by atomic mass is 9.82. The smallest absolute Gasteiger partial charge is 0.118 e. The largest absolute Gasteiger partial charge is 0.497 e. The highest BCUT2D eigenvalue weighted by Gasteiger charge is 2.19. The number of methoxy groups -OCH3 is 1. The molecule has 2 heteroatoms. The summed E-state index contributed by atoms with van der Waals surface area (Å²) in [6, 6.07) is 8.55. The number of hydrogen-bond donors (Lipinski definition) is 1. The van der Waals surface area contributed by atoms with Crippen LogP contribution in [0.4, 0.5) is 0 Å². The molecule has 1 atom stereocenters. The first-order valence-corrected chi connectivity index (χ1v) is 7.11. The molecule has 1 rings (SSSR count). The molecular formula is C16H27NO. The molecule has 0 radical (unpaired) electrons. The molecule has 0 amide bonds. The van der Waals surface area contributed by atoms with Gasteiger partial charge in [-0.1, -0.05) is 45.7 Å². The van der Waals surface area contributed by atoms with Gasteiger partial charge in [0.2, 0.25) is 0 Å². The topological polar surface area (TPSA) is 21.3 Å². The lowest BCUT2D eigenvalue weighted by Gasteiger charge is -2.26. The average molecular weight is 249 g/mol. The third-order valence-corrected chi connectivity index (χ3v) is 3.78. The molecule has 0 heterocycles. The Hall–Kier alpha value is -1.02. The Bertz CT molecular complexity index is 316. The van der Waals surface area contributed by atoms with Crippen molar-refractivity contribution < 1.29 is 4.74 Å². The summed E-state index contributed by atoms with van der Waals surface area (Å²) in [5, 5.41) is 3.49. The van der Waals surface area contributed by atoms with Gasteiger partial charge in [-0.2, -0.15) is 0 Å². The number of ether oxygens (including phenoxy) is 1. The molecule has 0 fully saturated rings. The van der Waals surface area contributed by atoms with Crippen LogP contribution in [0, 0.1) is 5.92 Å². The van der Waals surface area contributed by atoms with Crippen LogP contribution in [-0.2, 0) is 0 Å². The number of likely N-dealkylation sites (N-methyl/N-ethyl adjacent to an activating group) is 1. The zero-order valence-corrected chi connectivity index (χ0v) is 12.2. The molecule has 0 spiro atoms. The van der Waals surface area contributed by atoms with Crippen molar-refractivity contribution >= 4 is 0 Å². The first-order chi connectivity index (χ1) is 8.76. The molecule has 0 aliphatic rings. The second kappa shape index (κ2) is 8.15. The Labute approximate surface area is 112 Å². The van der Waals surface area contributed by atoms with Crippen LogP contribution in [-0.4, -0.2) is 20.2 Å². The number of hydrogen-bond acceptors (Lipinski definition) is 2. The Morgan fingerprint density at radius 2 is 1.67 bits per heavy atom. The summed E-state index contributed by atoms with van der Waals surface area (Å²) in [6.07, 6.45) is 2.47. The van der Waals surface area contributed by atoms with E-state index in [2.05, 4.69) is 50.4 Å². The van der Waals surface area contributed by atoms with Crippen LogP contribution in [0.5, 0.6) is 5.75 Å². The molecule has 0 saturated heterocycles. The molecule has 0 aromatic heterocycles. The molecule has 0 saturated carbocycles. The van der Waals surface area contributed by atoms with Gasteiger partial charge in [0.25, 0.3) is 0 Å². The Morgan fingerprint density at radius 1 is 1.06 bits per heavy atom. The van der Waals surface area contributed by atoms with Crippen molar-refractivity contribution in [3.05, 3.63) is 29.8 Å². The molecule has 2 nitrogen and oxygen atoms in total. The predicted molar refractivity (Wildman–Crippen MR) is 78.4 cm³/mol. The summed E-state index contributed by atoms with van der Waals surface area (Å²) < 4.78 is 5.23. The van der Waals surface area contributed by atoms with Crippen molar-refractivity contribution in [1.82, 2.24) is 5.32 Å². The highest BCUT2D eigenvalue weighted by Crippen LogP contribution is 2.30. The van der Waals surface area contributed by atoms with Gasteiger partial charge in [0.1, 0.15) is 5.75 Å². The van der Waals surface area contributed by atoms with Gasteiger partial charge in [-0.25, -0.2) is 0 Å². The molecule has 18 heavy (non-hydrogen) atoms. The van der Waals surface area contributed by atoms with Crippen LogP contribution in [0.3, 0.4) is 0 Å². The summed E-state index contributed by atoms with van der Waals surface area (Å²) in [7, 11) is 1.71. The van der Waals surface area contributed by atoms with Gasteiger partial charge in [0.15, 0.2) is 0 Å². The minimum atomic E-state index is 0.603. The molecule has 102 valence electrons. The fraction of sp³-hybridized carbons (Fsp3) is 0.625. The second-order valence-corrected chi connectivity index (χ2v) is 4.76. The Morgan fingerprint density at radius 3 is 2.11 bits per heavy atom. The summed E-state index contributed by atoms with van der Waals surface area (Å²) in [4.78, 5) is 0. The van der Waals surface area contributed by atoms with E-state index in [1.165, 1.54) is 18.4 Å². The minimum Gasteiger partial charge on any atom is -0.497 e. The van der Waals surface area contributed by atoms with Crippen molar-refractivity contribution in [3.63, 3.8) is 0 Å². The zero-order valence-electron chi connectivity index (χ0n) is 12.2. The normalized spacial score (nSPS) is 12.7. The van der Waals surface area contributed by atoms with E-state index in [1.54, 1.807) is 7.11 Å². The fourth-order valence-corrected chi connectivity index (χ4v) is 2.57. The quantitative estimate of drug-likeness (QED) is 0.756. The Balaban J connectivity index is 2.85. The van der Waals surface area contributed by atoms with Gasteiger partial charge in [-0.05, 0) is 36.1 Å². The zero-order chi connectivity index (χ0) is 13.4. The van der Waals surface area contributed by atoms with Gasteiger partial charge in [-0.15, -0.1) is 0 Å². The van der Waals surface area contributed by atoms with Gasteiger partial charge in [0.05, 0.1) is 7.11 Å². The van der Waals surface area contributed by atoms with Crippen molar-refractivity contribution in [3.8, 4) is 5.75 Å². The van der Waals surface area contributed by atoms with Crippen molar-refractivity contribution in [1.29, 1.82) is 0 Å². The van der Waals surface area contributed by atoms with E-state index in [1.807, 2.05) is 0 Å². The maximum Gasteiger partial charge on any atom is 0.118 e. The molecule has 1 N–H and O–H groups in total.